The number of rotatable bonds is 10. The lowest BCUT2D eigenvalue weighted by molar-refractivity contribution is -0.158. The largest absolute Gasteiger partial charge is 0.439 e. The van der Waals surface area contributed by atoms with Gasteiger partial charge in [-0.15, -0.1) is 0 Å². The molecule has 2 aliphatic rings. The molecule has 48 heavy (non-hydrogen) atoms. The van der Waals surface area contributed by atoms with E-state index in [1.54, 1.807) is 0 Å². The molecule has 0 spiro atoms. The number of carbonyl (C=O) groups is 4. The highest BCUT2D eigenvalue weighted by molar-refractivity contribution is 6.30. The van der Waals surface area contributed by atoms with Gasteiger partial charge in [0.2, 0.25) is 0 Å². The van der Waals surface area contributed by atoms with E-state index in [1.165, 1.54) is 23.6 Å². The molecule has 2 aromatic carbocycles. The van der Waals surface area contributed by atoms with Crippen LogP contribution in [-0.4, -0.2) is 60.6 Å². The molecule has 0 bridgehead atoms. The summed E-state index contributed by atoms with van der Waals surface area (Å²) < 4.78 is 20.6. The van der Waals surface area contributed by atoms with Crippen LogP contribution >= 0.6 is 0 Å². The SMILES string of the molecule is C.C.C.C.C.C.C.C.C.C.CC(=O)OCOCN1C(=O)C2=C(c3ccc(C)cc3)N(COCOC(C)=O)C(=O)C2=C1c1ccc(C)cc1. The average Bonchev–Trinajstić information content (AvgIpc) is 3.32. The Balaban J connectivity index is -0.000000336. The molecule has 0 aliphatic carbocycles. The van der Waals surface area contributed by atoms with E-state index in [9.17, 15) is 19.2 Å². The van der Waals surface area contributed by atoms with E-state index in [2.05, 4.69) is 0 Å². The molecule has 10 nitrogen and oxygen atoms in total. The number of ether oxygens (including phenoxy) is 4. The van der Waals surface area contributed by atoms with Gasteiger partial charge in [0.05, 0.1) is 22.5 Å². The Kier molecular flexibility index (Phi) is 31.8. The molecular formula is C38H68N2O8. The minimum absolute atomic E-state index is 0. The fourth-order valence-electron chi connectivity index (χ4n) is 4.17. The van der Waals surface area contributed by atoms with Gasteiger partial charge in [-0.05, 0) is 25.0 Å². The first-order valence-corrected chi connectivity index (χ1v) is 11.9. The van der Waals surface area contributed by atoms with Crippen LogP contribution in [0.15, 0.2) is 59.7 Å². The fraction of sp³-hybridized carbons (Fsp3) is 0.474. The lowest BCUT2D eigenvalue weighted by Gasteiger charge is -2.25. The predicted octanol–water partition coefficient (Wildman–Crippen LogP) is 9.46. The van der Waals surface area contributed by atoms with E-state index in [-0.39, 0.29) is 112 Å². The van der Waals surface area contributed by atoms with Gasteiger partial charge in [-0.1, -0.05) is 134 Å². The van der Waals surface area contributed by atoms with Crippen molar-refractivity contribution in [1.29, 1.82) is 0 Å². The average molecular weight is 681 g/mol. The van der Waals surface area contributed by atoms with Crippen LogP contribution < -0.4 is 0 Å². The van der Waals surface area contributed by atoms with E-state index in [0.29, 0.717) is 22.5 Å². The number of nitrogens with zero attached hydrogens (tertiary/aromatic N) is 2. The molecule has 0 saturated heterocycles. The summed E-state index contributed by atoms with van der Waals surface area (Å²) in [6, 6.07) is 14.8. The first-order valence-electron chi connectivity index (χ1n) is 11.9. The van der Waals surface area contributed by atoms with E-state index in [1.807, 2.05) is 62.4 Å². The number of hydrogen-bond acceptors (Lipinski definition) is 8. The van der Waals surface area contributed by atoms with Gasteiger partial charge in [-0.25, -0.2) is 0 Å². The standard InChI is InChI=1S/C28H28N2O8.10CH4/c1-17-5-9-21(10-6-17)25-23-24(28(34)29(25)13-35-15-37-19(3)31)26(22-11-7-18(2)8-12-22)30(27(23)33)14-36-16-38-20(4)32;;;;;;;;;;/h5-12H,13-16H2,1-4H3;10*1H4. The lowest BCUT2D eigenvalue weighted by atomic mass is 10.0. The second-order valence-electron chi connectivity index (χ2n) is 8.82. The van der Waals surface area contributed by atoms with Gasteiger partial charge in [0, 0.05) is 13.8 Å². The molecule has 0 unspecified atom stereocenters. The van der Waals surface area contributed by atoms with Crippen LogP contribution in [0.5, 0.6) is 0 Å². The zero-order valence-electron chi connectivity index (χ0n) is 21.6. The van der Waals surface area contributed by atoms with E-state index in [4.69, 9.17) is 18.9 Å². The van der Waals surface area contributed by atoms with Gasteiger partial charge in [-0.2, -0.15) is 0 Å². The van der Waals surface area contributed by atoms with E-state index in [0.717, 1.165) is 11.1 Å². The van der Waals surface area contributed by atoms with E-state index < -0.39 is 23.8 Å². The normalized spacial score (nSPS) is 11.8. The highest BCUT2D eigenvalue weighted by atomic mass is 16.7. The van der Waals surface area contributed by atoms with Crippen molar-refractivity contribution in [3.05, 3.63) is 81.9 Å². The molecule has 2 aromatic rings. The number of amides is 2. The van der Waals surface area contributed by atoms with Crippen molar-refractivity contribution in [2.24, 2.45) is 0 Å². The zero-order valence-corrected chi connectivity index (χ0v) is 21.6. The molecule has 0 atom stereocenters. The number of aryl methyl sites for hydroxylation is 2. The third-order valence-electron chi connectivity index (χ3n) is 5.96. The highest BCUT2D eigenvalue weighted by Gasteiger charge is 2.49. The van der Waals surface area contributed by atoms with Crippen molar-refractivity contribution in [3.8, 4) is 0 Å². The van der Waals surface area contributed by atoms with Gasteiger partial charge in [0.25, 0.3) is 11.8 Å². The predicted molar refractivity (Wildman–Crippen MR) is 202 cm³/mol. The Morgan fingerprint density at radius 3 is 1.04 bits per heavy atom. The Morgan fingerprint density at radius 1 is 0.521 bits per heavy atom. The third-order valence-corrected chi connectivity index (χ3v) is 5.96. The number of esters is 2. The summed E-state index contributed by atoms with van der Waals surface area (Å²) in [5, 5.41) is 0. The summed E-state index contributed by atoms with van der Waals surface area (Å²) in [5.41, 5.74) is 4.48. The molecule has 2 aliphatic heterocycles. The smallest absolute Gasteiger partial charge is 0.304 e. The zero-order chi connectivity index (χ0) is 27.4. The fourth-order valence-corrected chi connectivity index (χ4v) is 4.17. The van der Waals surface area contributed by atoms with Crippen LogP contribution in [0, 0.1) is 13.8 Å². The summed E-state index contributed by atoms with van der Waals surface area (Å²) in [6.45, 7) is 5.22. The van der Waals surface area contributed by atoms with Gasteiger partial charge in [0.1, 0.15) is 13.5 Å². The molecule has 0 saturated carbocycles. The number of hydrogen-bond donors (Lipinski definition) is 0. The Morgan fingerprint density at radius 2 is 0.792 bits per heavy atom. The maximum Gasteiger partial charge on any atom is 0.304 e. The van der Waals surface area contributed by atoms with Crippen molar-refractivity contribution in [1.82, 2.24) is 9.80 Å². The van der Waals surface area contributed by atoms with E-state index >= 15 is 0 Å². The molecule has 0 radical (unpaired) electrons. The monoisotopic (exact) mass is 680 g/mol. The van der Waals surface area contributed by atoms with Crippen molar-refractivity contribution in [3.63, 3.8) is 0 Å². The second kappa shape index (κ2) is 25.8. The van der Waals surface area contributed by atoms with Gasteiger partial charge in [0.15, 0.2) is 13.6 Å². The summed E-state index contributed by atoms with van der Waals surface area (Å²) in [5.74, 6) is -1.92. The Hall–Kier alpha value is -4.28. The molecule has 0 aromatic heterocycles. The quantitative estimate of drug-likeness (QED) is 0.139. The Labute approximate surface area is 293 Å². The maximum absolute atomic E-state index is 13.9. The van der Waals surface area contributed by atoms with Crippen molar-refractivity contribution >= 4 is 35.1 Å². The minimum Gasteiger partial charge on any atom is -0.439 e. The minimum atomic E-state index is -0.518. The first-order chi connectivity index (χ1) is 18.2. The molecule has 0 fully saturated rings. The summed E-state index contributed by atoms with van der Waals surface area (Å²) in [4.78, 5) is 52.8. The van der Waals surface area contributed by atoms with Crippen LogP contribution in [-0.2, 0) is 38.1 Å². The molecule has 4 rings (SSSR count). The highest BCUT2D eigenvalue weighted by Crippen LogP contribution is 2.46. The van der Waals surface area contributed by atoms with Crippen LogP contribution in [0.3, 0.4) is 0 Å². The molecule has 0 N–H and O–H groups in total. The van der Waals surface area contributed by atoms with Crippen molar-refractivity contribution in [2.75, 3.05) is 27.0 Å². The number of carbonyl (C=O) groups excluding carboxylic acids is 4. The molecule has 278 valence electrons. The molecule has 10 heteroatoms. The summed E-state index contributed by atoms with van der Waals surface area (Å²) >= 11 is 0. The Bertz CT molecular complexity index is 1230. The number of fused-ring (bicyclic) bond motifs is 1. The van der Waals surface area contributed by atoms with Crippen molar-refractivity contribution < 1.29 is 38.1 Å². The first kappa shape index (κ1) is 59.2. The number of benzene rings is 2. The van der Waals surface area contributed by atoms with Gasteiger partial charge >= 0.3 is 11.9 Å². The second-order valence-corrected chi connectivity index (χ2v) is 8.82. The molecular weight excluding hydrogens is 612 g/mol. The summed E-state index contributed by atoms with van der Waals surface area (Å²) in [7, 11) is 0. The molecule has 2 amide bonds. The van der Waals surface area contributed by atoms with Crippen LogP contribution in [0.25, 0.3) is 11.4 Å². The lowest BCUT2D eigenvalue weighted by Crippen LogP contribution is -2.33. The topological polar surface area (TPSA) is 112 Å². The maximum atomic E-state index is 13.9. The summed E-state index contributed by atoms with van der Waals surface area (Å²) in [6.07, 6.45) is 0. The van der Waals surface area contributed by atoms with Crippen LogP contribution in [0.2, 0.25) is 0 Å². The van der Waals surface area contributed by atoms with Gasteiger partial charge < -0.3 is 18.9 Å². The van der Waals surface area contributed by atoms with Crippen LogP contribution in [0.4, 0.5) is 0 Å². The van der Waals surface area contributed by atoms with Gasteiger partial charge in [-0.3, -0.25) is 29.0 Å². The van der Waals surface area contributed by atoms with Crippen molar-refractivity contribution in [2.45, 2.75) is 102 Å². The third kappa shape index (κ3) is 12.7. The molecule has 2 heterocycles. The van der Waals surface area contributed by atoms with Crippen LogP contribution in [0.1, 0.15) is 110 Å².